The Morgan fingerprint density at radius 2 is 2.03 bits per heavy atom. The first-order chi connectivity index (χ1) is 14.7. The zero-order valence-corrected chi connectivity index (χ0v) is 17.2. The van der Waals surface area contributed by atoms with Crippen molar-refractivity contribution >= 4 is 17.0 Å². The fourth-order valence-corrected chi connectivity index (χ4v) is 4.98. The fraction of sp³-hybridized carbons (Fsp3) is 0.455. The molecule has 0 amide bonds. The number of aliphatic hydroxyl groups excluding tert-OH is 1. The van der Waals surface area contributed by atoms with Gasteiger partial charge in [0.1, 0.15) is 11.4 Å². The Hall–Kier alpha value is -2.94. The molecule has 3 unspecified atom stereocenters. The van der Waals surface area contributed by atoms with E-state index in [1.807, 2.05) is 30.9 Å². The van der Waals surface area contributed by atoms with Crippen molar-refractivity contribution in [2.24, 2.45) is 11.8 Å². The summed E-state index contributed by atoms with van der Waals surface area (Å²) < 4.78 is 35.2. The molecule has 6 rings (SSSR count). The Bertz CT molecular complexity index is 1180. The number of anilines is 2. The number of halogens is 2. The third kappa shape index (κ3) is 2.86. The van der Waals surface area contributed by atoms with E-state index in [0.29, 0.717) is 30.0 Å². The van der Waals surface area contributed by atoms with Gasteiger partial charge in [0.05, 0.1) is 35.0 Å². The van der Waals surface area contributed by atoms with E-state index in [-0.39, 0.29) is 5.60 Å². The summed E-state index contributed by atoms with van der Waals surface area (Å²) in [6.45, 7) is 4.63. The molecular formula is C22H23F2N5O2. The molecule has 2 aliphatic heterocycles. The van der Waals surface area contributed by atoms with Crippen molar-refractivity contribution in [3.63, 3.8) is 0 Å². The van der Waals surface area contributed by atoms with Gasteiger partial charge in [-0.3, -0.25) is 0 Å². The van der Waals surface area contributed by atoms with Crippen LogP contribution in [-0.4, -0.2) is 44.3 Å². The van der Waals surface area contributed by atoms with Gasteiger partial charge in [0, 0.05) is 43.5 Å². The molecule has 31 heavy (non-hydrogen) atoms. The van der Waals surface area contributed by atoms with Crippen molar-refractivity contribution in [2.75, 3.05) is 23.3 Å². The lowest BCUT2D eigenvalue weighted by Crippen LogP contribution is -2.28. The molecule has 2 fully saturated rings. The van der Waals surface area contributed by atoms with Gasteiger partial charge in [-0.25, -0.2) is 18.3 Å². The van der Waals surface area contributed by atoms with Crippen LogP contribution in [-0.2, 0) is 6.42 Å². The first-order valence-corrected chi connectivity index (χ1v) is 10.4. The standard InChI is InChI=1S/C22H23F2N5O2/c1-21(2)8-12-6-16(27-20(30)13-9-26-29-5-3-4-25-19(13)29)17(7-18(12)31-21)28-10-14-15(11-28)22(14,23)24/h3-7,9,14-15,20,27,30H,8,10-11H2,1-2H3. The summed E-state index contributed by atoms with van der Waals surface area (Å²) in [6.07, 6.45) is 4.65. The maximum absolute atomic E-state index is 13.8. The van der Waals surface area contributed by atoms with E-state index in [4.69, 9.17) is 4.74 Å². The van der Waals surface area contributed by atoms with E-state index < -0.39 is 24.0 Å². The zero-order valence-electron chi connectivity index (χ0n) is 17.2. The topological polar surface area (TPSA) is 74.9 Å². The van der Waals surface area contributed by atoms with Crippen LogP contribution >= 0.6 is 0 Å². The molecule has 3 aliphatic rings. The third-order valence-electron chi connectivity index (χ3n) is 6.61. The zero-order chi connectivity index (χ0) is 21.5. The van der Waals surface area contributed by atoms with Crippen LogP contribution < -0.4 is 15.0 Å². The minimum atomic E-state index is -2.55. The minimum Gasteiger partial charge on any atom is -0.487 e. The van der Waals surface area contributed by atoms with E-state index in [1.165, 1.54) is 0 Å². The van der Waals surface area contributed by atoms with Crippen LogP contribution in [0.4, 0.5) is 20.2 Å². The molecule has 1 saturated heterocycles. The van der Waals surface area contributed by atoms with Crippen LogP contribution in [0, 0.1) is 11.8 Å². The van der Waals surface area contributed by atoms with Gasteiger partial charge in [0.15, 0.2) is 11.9 Å². The summed E-state index contributed by atoms with van der Waals surface area (Å²) in [6, 6.07) is 5.64. The molecule has 2 aromatic heterocycles. The molecule has 0 bridgehead atoms. The number of nitrogens with one attached hydrogen (secondary N) is 1. The average molecular weight is 427 g/mol. The average Bonchev–Trinajstić information content (AvgIpc) is 3.21. The number of hydrogen-bond acceptors (Lipinski definition) is 6. The Balaban J connectivity index is 1.35. The molecule has 1 aromatic carbocycles. The lowest BCUT2D eigenvalue weighted by atomic mass is 10.0. The van der Waals surface area contributed by atoms with Crippen LogP contribution in [0.5, 0.6) is 5.75 Å². The maximum atomic E-state index is 13.8. The molecule has 3 aromatic rings. The van der Waals surface area contributed by atoms with Gasteiger partial charge >= 0.3 is 0 Å². The SMILES string of the molecule is CC1(C)Cc2cc(NC(O)c3cnn4cccnc34)c(N3CC4C(C3)C4(F)F)cc2O1. The van der Waals surface area contributed by atoms with Crippen molar-refractivity contribution in [3.05, 3.63) is 47.9 Å². The molecule has 7 nitrogen and oxygen atoms in total. The molecule has 0 spiro atoms. The third-order valence-corrected chi connectivity index (χ3v) is 6.61. The molecule has 1 saturated carbocycles. The quantitative estimate of drug-likeness (QED) is 0.623. The van der Waals surface area contributed by atoms with E-state index in [1.54, 1.807) is 29.2 Å². The number of aromatic nitrogens is 3. The molecule has 9 heteroatoms. The van der Waals surface area contributed by atoms with E-state index in [9.17, 15) is 13.9 Å². The van der Waals surface area contributed by atoms with Crippen LogP contribution in [0.2, 0.25) is 0 Å². The number of rotatable bonds is 4. The Morgan fingerprint density at radius 3 is 2.81 bits per heavy atom. The summed E-state index contributed by atoms with van der Waals surface area (Å²) in [7, 11) is 0. The summed E-state index contributed by atoms with van der Waals surface area (Å²) in [5.41, 5.74) is 3.24. The number of piperidine rings is 1. The number of hydrogen-bond donors (Lipinski definition) is 2. The van der Waals surface area contributed by atoms with Crippen LogP contribution in [0.3, 0.4) is 0 Å². The predicted octanol–water partition coefficient (Wildman–Crippen LogP) is 3.25. The highest BCUT2D eigenvalue weighted by atomic mass is 19.3. The number of fused-ring (bicyclic) bond motifs is 3. The number of ether oxygens (including phenoxy) is 1. The van der Waals surface area contributed by atoms with Crippen LogP contribution in [0.1, 0.15) is 31.2 Å². The normalized spacial score (nSPS) is 25.8. The maximum Gasteiger partial charge on any atom is 0.258 e. The Morgan fingerprint density at radius 1 is 1.26 bits per heavy atom. The fourth-order valence-electron chi connectivity index (χ4n) is 4.98. The first kappa shape index (κ1) is 18.8. The predicted molar refractivity (Wildman–Crippen MR) is 111 cm³/mol. The Labute approximate surface area is 177 Å². The van der Waals surface area contributed by atoms with Crippen LogP contribution in [0.15, 0.2) is 36.8 Å². The molecular weight excluding hydrogens is 404 g/mol. The van der Waals surface area contributed by atoms with Gasteiger partial charge < -0.3 is 20.1 Å². The van der Waals surface area contributed by atoms with Crippen molar-refractivity contribution in [3.8, 4) is 5.75 Å². The summed E-state index contributed by atoms with van der Waals surface area (Å²) in [4.78, 5) is 6.26. The number of aliphatic hydroxyl groups is 1. The molecule has 1 aliphatic carbocycles. The largest absolute Gasteiger partial charge is 0.487 e. The van der Waals surface area contributed by atoms with Crippen molar-refractivity contribution in [1.29, 1.82) is 0 Å². The second-order valence-corrected chi connectivity index (χ2v) is 9.34. The molecule has 4 heterocycles. The molecule has 2 N–H and O–H groups in total. The number of benzene rings is 1. The first-order valence-electron chi connectivity index (χ1n) is 10.4. The van der Waals surface area contributed by atoms with E-state index in [0.717, 1.165) is 23.4 Å². The van der Waals surface area contributed by atoms with Crippen LogP contribution in [0.25, 0.3) is 5.65 Å². The van der Waals surface area contributed by atoms with E-state index in [2.05, 4.69) is 15.4 Å². The molecule has 0 radical (unpaired) electrons. The monoisotopic (exact) mass is 427 g/mol. The van der Waals surface area contributed by atoms with Crippen molar-refractivity contribution in [2.45, 2.75) is 38.0 Å². The van der Waals surface area contributed by atoms with Gasteiger partial charge in [-0.1, -0.05) is 0 Å². The lowest BCUT2D eigenvalue weighted by Gasteiger charge is -2.27. The smallest absolute Gasteiger partial charge is 0.258 e. The highest BCUT2D eigenvalue weighted by Gasteiger charge is 2.71. The second kappa shape index (κ2) is 6.06. The number of nitrogens with zero attached hydrogens (tertiary/aromatic N) is 4. The second-order valence-electron chi connectivity index (χ2n) is 9.34. The van der Waals surface area contributed by atoms with E-state index >= 15 is 0 Å². The highest BCUT2D eigenvalue weighted by molar-refractivity contribution is 5.76. The highest BCUT2D eigenvalue weighted by Crippen LogP contribution is 2.60. The van der Waals surface area contributed by atoms with Gasteiger partial charge in [-0.15, -0.1) is 0 Å². The van der Waals surface area contributed by atoms with Crippen molar-refractivity contribution in [1.82, 2.24) is 14.6 Å². The minimum absolute atomic E-state index is 0.295. The summed E-state index contributed by atoms with van der Waals surface area (Å²) in [5, 5.41) is 18.3. The number of alkyl halides is 2. The summed E-state index contributed by atoms with van der Waals surface area (Å²) >= 11 is 0. The lowest BCUT2D eigenvalue weighted by molar-refractivity contribution is 0.0797. The van der Waals surface area contributed by atoms with Gasteiger partial charge in [-0.2, -0.15) is 5.10 Å². The van der Waals surface area contributed by atoms with Crippen molar-refractivity contribution < 1.29 is 18.6 Å². The Kier molecular flexibility index (Phi) is 3.68. The van der Waals surface area contributed by atoms with Gasteiger partial charge in [-0.05, 0) is 26.0 Å². The molecule has 3 atom stereocenters. The summed E-state index contributed by atoms with van der Waals surface area (Å²) in [5.74, 6) is -2.98. The molecule has 162 valence electrons. The van der Waals surface area contributed by atoms with Gasteiger partial charge in [0.2, 0.25) is 0 Å². The van der Waals surface area contributed by atoms with Gasteiger partial charge in [0.25, 0.3) is 5.92 Å².